The van der Waals surface area contributed by atoms with Crippen LogP contribution in [0.15, 0.2) is 41.3 Å². The number of aryl methyl sites for hydroxylation is 2. The number of nitrogens with zero attached hydrogens (tertiary/aromatic N) is 3. The maximum absolute atomic E-state index is 13.4. The molecule has 3 aromatic rings. The molecule has 0 aliphatic heterocycles. The molecule has 0 aliphatic rings. The maximum atomic E-state index is 13.4. The van der Waals surface area contributed by atoms with Gasteiger partial charge in [-0.3, -0.25) is 4.79 Å². The van der Waals surface area contributed by atoms with Crippen molar-refractivity contribution in [1.29, 1.82) is 0 Å². The molecule has 32 heavy (non-hydrogen) atoms. The van der Waals surface area contributed by atoms with Gasteiger partial charge in [-0.2, -0.15) is 0 Å². The number of imidazole rings is 1. The fourth-order valence-electron chi connectivity index (χ4n) is 3.48. The Balaban J connectivity index is 1.75. The highest BCUT2D eigenvalue weighted by molar-refractivity contribution is 7.89. The average molecular weight is 465 g/mol. The average Bonchev–Trinajstić information content (AvgIpc) is 3.10. The second-order valence-electron chi connectivity index (χ2n) is 7.67. The summed E-state index contributed by atoms with van der Waals surface area (Å²) in [6, 6.07) is 7.84. The van der Waals surface area contributed by atoms with Crippen molar-refractivity contribution in [1.82, 2.24) is 19.2 Å². The van der Waals surface area contributed by atoms with Crippen molar-refractivity contribution >= 4 is 27.0 Å². The summed E-state index contributed by atoms with van der Waals surface area (Å²) >= 11 is 0. The molecule has 0 bridgehead atoms. The molecule has 10 heteroatoms. The molecule has 0 aliphatic carbocycles. The standard InChI is InChI=1S/C22H26F2N4O3S/c1-5-28-20-9-7-16(32(30,31)27(3)4)13-19(20)26-21(28)10-11-22(29)25-14(2)15-6-8-17(23)18(24)12-15/h6-9,12-14H,5,10-11H2,1-4H3,(H,25,29)/t14-/m0/s1. The van der Waals surface area contributed by atoms with Gasteiger partial charge in [0.05, 0.1) is 22.0 Å². The number of hydrogen-bond acceptors (Lipinski definition) is 4. The molecular formula is C22H26F2N4O3S. The van der Waals surface area contributed by atoms with Gasteiger partial charge in [0, 0.05) is 33.5 Å². The normalized spacial score (nSPS) is 13.0. The van der Waals surface area contributed by atoms with Crippen molar-refractivity contribution in [2.24, 2.45) is 0 Å². The topological polar surface area (TPSA) is 84.3 Å². The van der Waals surface area contributed by atoms with E-state index in [0.717, 1.165) is 22.0 Å². The summed E-state index contributed by atoms with van der Waals surface area (Å²) in [4.78, 5) is 17.1. The first kappa shape index (κ1) is 23.8. The van der Waals surface area contributed by atoms with Gasteiger partial charge >= 0.3 is 0 Å². The molecule has 0 spiro atoms. The minimum absolute atomic E-state index is 0.139. The van der Waals surface area contributed by atoms with Crippen LogP contribution in [0.1, 0.15) is 37.7 Å². The van der Waals surface area contributed by atoms with Gasteiger partial charge in [-0.1, -0.05) is 6.07 Å². The lowest BCUT2D eigenvalue weighted by molar-refractivity contribution is -0.121. The quantitative estimate of drug-likeness (QED) is 0.554. The lowest BCUT2D eigenvalue weighted by atomic mass is 10.1. The molecule has 1 amide bonds. The number of sulfonamides is 1. The minimum atomic E-state index is -3.58. The molecule has 172 valence electrons. The molecular weight excluding hydrogens is 438 g/mol. The Morgan fingerprint density at radius 1 is 1.16 bits per heavy atom. The number of halogens is 2. The molecule has 1 atom stereocenters. The van der Waals surface area contributed by atoms with Gasteiger partial charge in [0.1, 0.15) is 5.82 Å². The SMILES string of the molecule is CCn1c(CCC(=O)N[C@@H](C)c2ccc(F)c(F)c2)nc2cc(S(=O)(=O)N(C)C)ccc21. The van der Waals surface area contributed by atoms with Gasteiger partial charge in [-0.15, -0.1) is 0 Å². The number of fused-ring (bicyclic) bond motifs is 1. The Morgan fingerprint density at radius 2 is 1.88 bits per heavy atom. The fourth-order valence-corrected chi connectivity index (χ4v) is 4.40. The molecule has 0 radical (unpaired) electrons. The van der Waals surface area contributed by atoms with Gasteiger partial charge in [0.15, 0.2) is 11.6 Å². The number of hydrogen-bond donors (Lipinski definition) is 1. The maximum Gasteiger partial charge on any atom is 0.242 e. The molecule has 1 N–H and O–H groups in total. The Bertz CT molecular complexity index is 1260. The number of carbonyl (C=O) groups excluding carboxylic acids is 1. The fraction of sp³-hybridized carbons (Fsp3) is 0.364. The third-order valence-corrected chi connectivity index (χ3v) is 7.10. The van der Waals surface area contributed by atoms with E-state index in [2.05, 4.69) is 10.3 Å². The summed E-state index contributed by atoms with van der Waals surface area (Å²) in [6.07, 6.45) is 0.481. The summed E-state index contributed by atoms with van der Waals surface area (Å²) in [7, 11) is -0.645. The molecule has 0 saturated heterocycles. The van der Waals surface area contributed by atoms with Gasteiger partial charge in [-0.25, -0.2) is 26.5 Å². The number of carbonyl (C=O) groups is 1. The first-order chi connectivity index (χ1) is 15.0. The van der Waals surface area contributed by atoms with E-state index >= 15 is 0 Å². The first-order valence-corrected chi connectivity index (χ1v) is 11.6. The van der Waals surface area contributed by atoms with Crippen LogP contribution in [-0.2, 0) is 27.8 Å². The van der Waals surface area contributed by atoms with Gasteiger partial charge in [0.25, 0.3) is 0 Å². The molecule has 0 unspecified atom stereocenters. The monoisotopic (exact) mass is 464 g/mol. The smallest absolute Gasteiger partial charge is 0.242 e. The first-order valence-electron chi connectivity index (χ1n) is 10.2. The lowest BCUT2D eigenvalue weighted by Gasteiger charge is -2.14. The minimum Gasteiger partial charge on any atom is -0.350 e. The van der Waals surface area contributed by atoms with Crippen LogP contribution in [0.25, 0.3) is 11.0 Å². The van der Waals surface area contributed by atoms with Crippen LogP contribution in [0.3, 0.4) is 0 Å². The van der Waals surface area contributed by atoms with Crippen LogP contribution >= 0.6 is 0 Å². The zero-order chi connectivity index (χ0) is 23.6. The van der Waals surface area contributed by atoms with E-state index in [1.807, 2.05) is 11.5 Å². The molecule has 3 rings (SSSR count). The summed E-state index contributed by atoms with van der Waals surface area (Å²) in [5.74, 6) is -1.49. The number of rotatable bonds is 8. The van der Waals surface area contributed by atoms with E-state index in [-0.39, 0.29) is 17.2 Å². The molecule has 2 aromatic carbocycles. The van der Waals surface area contributed by atoms with E-state index in [9.17, 15) is 22.0 Å². The van der Waals surface area contributed by atoms with Crippen molar-refractivity contribution in [3.8, 4) is 0 Å². The lowest BCUT2D eigenvalue weighted by Crippen LogP contribution is -2.27. The molecule has 0 fully saturated rings. The summed E-state index contributed by atoms with van der Waals surface area (Å²) in [6.45, 7) is 4.25. The van der Waals surface area contributed by atoms with E-state index in [1.54, 1.807) is 19.1 Å². The highest BCUT2D eigenvalue weighted by Gasteiger charge is 2.20. The Labute approximate surface area is 186 Å². The predicted molar refractivity (Wildman–Crippen MR) is 118 cm³/mol. The zero-order valence-corrected chi connectivity index (χ0v) is 19.2. The second-order valence-corrected chi connectivity index (χ2v) is 9.82. The van der Waals surface area contributed by atoms with Crippen molar-refractivity contribution in [2.45, 2.75) is 44.2 Å². The van der Waals surface area contributed by atoms with Crippen LogP contribution < -0.4 is 5.32 Å². The summed E-state index contributed by atoms with van der Waals surface area (Å²) in [5.41, 5.74) is 1.80. The van der Waals surface area contributed by atoms with Crippen LogP contribution in [0.4, 0.5) is 8.78 Å². The number of amides is 1. The van der Waals surface area contributed by atoms with Gasteiger partial charge in [-0.05, 0) is 49.7 Å². The summed E-state index contributed by atoms with van der Waals surface area (Å²) in [5, 5.41) is 2.78. The molecule has 7 nitrogen and oxygen atoms in total. The van der Waals surface area contributed by atoms with Crippen molar-refractivity contribution < 1.29 is 22.0 Å². The Kier molecular flexibility index (Phi) is 6.94. The van der Waals surface area contributed by atoms with Crippen molar-refractivity contribution in [3.05, 3.63) is 59.4 Å². The van der Waals surface area contributed by atoms with E-state index in [0.29, 0.717) is 29.9 Å². The van der Waals surface area contributed by atoms with Gasteiger partial charge in [0.2, 0.25) is 15.9 Å². The number of nitrogens with one attached hydrogen (secondary N) is 1. The summed E-state index contributed by atoms with van der Waals surface area (Å²) < 4.78 is 54.4. The predicted octanol–water partition coefficient (Wildman–Crippen LogP) is 3.39. The highest BCUT2D eigenvalue weighted by atomic mass is 32.2. The second kappa shape index (κ2) is 9.33. The zero-order valence-electron chi connectivity index (χ0n) is 18.4. The van der Waals surface area contributed by atoms with Gasteiger partial charge < -0.3 is 9.88 Å². The van der Waals surface area contributed by atoms with Crippen LogP contribution in [0.5, 0.6) is 0 Å². The molecule has 1 heterocycles. The van der Waals surface area contributed by atoms with E-state index in [4.69, 9.17) is 0 Å². The highest BCUT2D eigenvalue weighted by Crippen LogP contribution is 2.23. The Hall–Kier alpha value is -2.85. The van der Waals surface area contributed by atoms with Crippen LogP contribution in [0, 0.1) is 11.6 Å². The van der Waals surface area contributed by atoms with E-state index < -0.39 is 27.7 Å². The number of benzene rings is 2. The third-order valence-electron chi connectivity index (χ3n) is 5.29. The van der Waals surface area contributed by atoms with Crippen molar-refractivity contribution in [3.63, 3.8) is 0 Å². The van der Waals surface area contributed by atoms with Crippen molar-refractivity contribution in [2.75, 3.05) is 14.1 Å². The molecule has 0 saturated carbocycles. The van der Waals surface area contributed by atoms with Crippen LogP contribution in [0.2, 0.25) is 0 Å². The largest absolute Gasteiger partial charge is 0.350 e. The molecule has 1 aromatic heterocycles. The Morgan fingerprint density at radius 3 is 2.50 bits per heavy atom. The van der Waals surface area contributed by atoms with Crippen LogP contribution in [-0.4, -0.2) is 42.3 Å². The van der Waals surface area contributed by atoms with E-state index in [1.165, 1.54) is 26.2 Å². The third kappa shape index (κ3) is 4.81. The number of aromatic nitrogens is 2.